The zero-order valence-electron chi connectivity index (χ0n) is 23.0. The van der Waals surface area contributed by atoms with Gasteiger partial charge in [0.25, 0.3) is 0 Å². The van der Waals surface area contributed by atoms with Crippen LogP contribution in [0.3, 0.4) is 0 Å². The van der Waals surface area contributed by atoms with Crippen LogP contribution < -0.4 is 5.32 Å². The van der Waals surface area contributed by atoms with Crippen molar-refractivity contribution in [2.75, 3.05) is 32.9 Å². The molecule has 1 fully saturated rings. The molecule has 36 heavy (non-hydrogen) atoms. The number of hydrogen-bond acceptors (Lipinski definition) is 4. The molecule has 2 heterocycles. The molecule has 3 rings (SSSR count). The van der Waals surface area contributed by atoms with Crippen molar-refractivity contribution in [1.29, 1.82) is 0 Å². The lowest BCUT2D eigenvalue weighted by Crippen LogP contribution is -2.51. The number of amides is 1. The summed E-state index contributed by atoms with van der Waals surface area (Å²) in [5.41, 5.74) is 2.68. The molecule has 0 bridgehead atoms. The molecule has 1 N–H and O–H groups in total. The molecule has 3 aliphatic rings. The molecule has 0 saturated carbocycles. The molecule has 0 aromatic heterocycles. The Hall–Kier alpha value is -1.77. The van der Waals surface area contributed by atoms with E-state index in [4.69, 9.17) is 0 Å². The third kappa shape index (κ3) is 8.38. The Bertz CT molecular complexity index is 1010. The first-order chi connectivity index (χ1) is 16.9. The summed E-state index contributed by atoms with van der Waals surface area (Å²) in [7, 11) is -1.33. The van der Waals surface area contributed by atoms with Gasteiger partial charge in [0, 0.05) is 25.1 Å². The molecule has 7 nitrogen and oxygen atoms in total. The van der Waals surface area contributed by atoms with Gasteiger partial charge in [-0.15, -0.1) is 0 Å². The molecule has 0 aromatic rings. The molecule has 1 saturated heterocycles. The van der Waals surface area contributed by atoms with Crippen LogP contribution in [0.5, 0.6) is 0 Å². The highest BCUT2D eigenvalue weighted by molar-refractivity contribution is 7.88. The van der Waals surface area contributed by atoms with E-state index in [-0.39, 0.29) is 11.3 Å². The number of carbonyl (C=O) groups is 1. The van der Waals surface area contributed by atoms with E-state index in [2.05, 4.69) is 56.4 Å². The minimum Gasteiger partial charge on any atom is -0.354 e. The summed E-state index contributed by atoms with van der Waals surface area (Å²) in [5, 5.41) is 3.08. The highest BCUT2D eigenvalue weighted by Crippen LogP contribution is 2.32. The van der Waals surface area contributed by atoms with Crippen LogP contribution in [0.4, 0.5) is 0 Å². The fraction of sp³-hybridized carbons (Fsp3) is 0.714. The van der Waals surface area contributed by atoms with Crippen molar-refractivity contribution in [2.45, 2.75) is 84.6 Å². The van der Waals surface area contributed by atoms with Gasteiger partial charge in [-0.05, 0) is 49.9 Å². The molecule has 3 unspecified atom stereocenters. The Labute approximate surface area is 219 Å². The Morgan fingerprint density at radius 2 is 2.03 bits per heavy atom. The van der Waals surface area contributed by atoms with Gasteiger partial charge in [-0.2, -0.15) is 4.31 Å². The van der Waals surface area contributed by atoms with Crippen LogP contribution in [-0.4, -0.2) is 68.4 Å². The van der Waals surface area contributed by atoms with Gasteiger partial charge < -0.3 is 5.32 Å². The standard InChI is InChI=1S/C28H46N4O3S/c1-28(2,3)16-14-23-11-9-10-18-31(36(5,34)35)26(19-23)27(33)30-17-15-25-20-29-22-32(25,4)21-24-12-7-6-8-13-24/h7,12-13,20,22-23,26H,6,8-11,14-19,21H2,1-5H3/p+1. The smallest absolute Gasteiger partial charge is 0.238 e. The van der Waals surface area contributed by atoms with Gasteiger partial charge >= 0.3 is 0 Å². The fourth-order valence-corrected chi connectivity index (χ4v) is 6.58. The van der Waals surface area contributed by atoms with E-state index in [1.807, 2.05) is 12.5 Å². The zero-order valence-corrected chi connectivity index (χ0v) is 23.8. The molecule has 1 aliphatic carbocycles. The third-order valence-corrected chi connectivity index (χ3v) is 8.93. The number of nitrogens with one attached hydrogen (secondary N) is 1. The topological polar surface area (TPSA) is 78.8 Å². The van der Waals surface area contributed by atoms with Crippen LogP contribution in [0.25, 0.3) is 0 Å². The number of rotatable bonds is 9. The van der Waals surface area contributed by atoms with Crippen molar-refractivity contribution >= 4 is 22.3 Å². The highest BCUT2D eigenvalue weighted by atomic mass is 32.2. The molecular weight excluding hydrogens is 472 g/mol. The average molecular weight is 520 g/mol. The number of carbonyl (C=O) groups excluding carboxylic acids is 1. The Morgan fingerprint density at radius 1 is 1.25 bits per heavy atom. The van der Waals surface area contributed by atoms with Crippen molar-refractivity contribution in [2.24, 2.45) is 16.3 Å². The number of likely N-dealkylation sites (N-methyl/N-ethyl adjacent to an activating group) is 1. The number of nitrogens with zero attached hydrogens (tertiary/aromatic N) is 3. The predicted octanol–water partition coefficient (Wildman–Crippen LogP) is 4.75. The Balaban J connectivity index is 1.63. The summed E-state index contributed by atoms with van der Waals surface area (Å²) in [4.78, 5) is 17.8. The van der Waals surface area contributed by atoms with Gasteiger partial charge in [0.2, 0.25) is 15.9 Å². The quantitative estimate of drug-likeness (QED) is 0.447. The van der Waals surface area contributed by atoms with Crippen LogP contribution >= 0.6 is 0 Å². The van der Waals surface area contributed by atoms with E-state index < -0.39 is 16.1 Å². The van der Waals surface area contributed by atoms with Gasteiger partial charge in [0.1, 0.15) is 18.3 Å². The first-order valence-electron chi connectivity index (χ1n) is 13.6. The number of aliphatic imine (C=N–C) groups is 1. The van der Waals surface area contributed by atoms with Crippen LogP contribution in [0.2, 0.25) is 0 Å². The zero-order chi connectivity index (χ0) is 26.4. The molecule has 0 aromatic carbocycles. The fourth-order valence-electron chi connectivity index (χ4n) is 5.47. The van der Waals surface area contributed by atoms with Gasteiger partial charge in [0.05, 0.1) is 19.5 Å². The third-order valence-electron chi connectivity index (χ3n) is 7.64. The second-order valence-corrected chi connectivity index (χ2v) is 14.1. The number of sulfonamides is 1. The van der Waals surface area contributed by atoms with Crippen LogP contribution in [0.1, 0.15) is 78.6 Å². The van der Waals surface area contributed by atoms with Crippen molar-refractivity contribution in [1.82, 2.24) is 9.62 Å². The maximum absolute atomic E-state index is 13.4. The van der Waals surface area contributed by atoms with Crippen molar-refractivity contribution in [3.05, 3.63) is 35.7 Å². The normalized spacial score (nSPS) is 27.8. The van der Waals surface area contributed by atoms with Gasteiger partial charge in [-0.3, -0.25) is 4.79 Å². The second-order valence-electron chi connectivity index (χ2n) is 12.2. The second kappa shape index (κ2) is 12.2. The monoisotopic (exact) mass is 519 g/mol. The summed E-state index contributed by atoms with van der Waals surface area (Å²) in [6, 6.07) is -0.641. The Kier molecular flexibility index (Phi) is 9.74. The van der Waals surface area contributed by atoms with Crippen LogP contribution in [0.15, 0.2) is 40.7 Å². The molecule has 3 atom stereocenters. The van der Waals surface area contributed by atoms with E-state index >= 15 is 0 Å². The summed E-state index contributed by atoms with van der Waals surface area (Å²) in [6.45, 7) is 8.43. The first kappa shape index (κ1) is 28.8. The largest absolute Gasteiger partial charge is 0.354 e. The summed E-state index contributed by atoms with van der Waals surface area (Å²) < 4.78 is 27.4. The van der Waals surface area contributed by atoms with Crippen LogP contribution in [0, 0.1) is 11.3 Å². The van der Waals surface area contributed by atoms with E-state index in [0.29, 0.717) is 36.3 Å². The first-order valence-corrected chi connectivity index (χ1v) is 15.4. The lowest BCUT2D eigenvalue weighted by Gasteiger charge is -2.34. The number of quaternary nitrogens is 1. The SMILES string of the molecule is CC(C)(C)CCC1CCCCN(S(C)(=O)=O)C(C(=O)NCCC2=CN=C[N+]2(C)CC2=CCCC=C2)C1. The van der Waals surface area contributed by atoms with Crippen molar-refractivity contribution in [3.63, 3.8) is 0 Å². The van der Waals surface area contributed by atoms with E-state index in [1.54, 1.807) is 0 Å². The van der Waals surface area contributed by atoms with E-state index in [1.165, 1.54) is 16.1 Å². The maximum atomic E-state index is 13.4. The average Bonchev–Trinajstić information content (AvgIpc) is 3.12. The molecular formula is C28H47N4O3S+. The summed E-state index contributed by atoms with van der Waals surface area (Å²) in [5.74, 6) is 0.182. The summed E-state index contributed by atoms with van der Waals surface area (Å²) in [6.07, 6.45) is 20.2. The highest BCUT2D eigenvalue weighted by Gasteiger charge is 2.36. The lowest BCUT2D eigenvalue weighted by molar-refractivity contribution is -0.766. The minimum atomic E-state index is -3.48. The lowest BCUT2D eigenvalue weighted by atomic mass is 9.82. The molecule has 202 valence electrons. The predicted molar refractivity (Wildman–Crippen MR) is 148 cm³/mol. The number of hydrogen-bond donors (Lipinski definition) is 1. The van der Waals surface area contributed by atoms with E-state index in [9.17, 15) is 13.2 Å². The molecule has 2 aliphatic heterocycles. The molecule has 0 radical (unpaired) electrons. The van der Waals surface area contributed by atoms with Crippen molar-refractivity contribution in [3.8, 4) is 0 Å². The maximum Gasteiger partial charge on any atom is 0.238 e. The van der Waals surface area contributed by atoms with Crippen LogP contribution in [-0.2, 0) is 14.8 Å². The molecule has 8 heteroatoms. The number of allylic oxidation sites excluding steroid dienone is 2. The molecule has 0 spiro atoms. The van der Waals surface area contributed by atoms with Gasteiger partial charge in [-0.1, -0.05) is 51.8 Å². The van der Waals surface area contributed by atoms with Crippen molar-refractivity contribution < 1.29 is 17.7 Å². The van der Waals surface area contributed by atoms with Gasteiger partial charge in [0.15, 0.2) is 6.34 Å². The Morgan fingerprint density at radius 3 is 2.69 bits per heavy atom. The molecule has 1 amide bonds. The van der Waals surface area contributed by atoms with E-state index in [0.717, 1.165) is 57.2 Å². The van der Waals surface area contributed by atoms with Gasteiger partial charge in [-0.25, -0.2) is 17.9 Å². The minimum absolute atomic E-state index is 0.172. The summed E-state index contributed by atoms with van der Waals surface area (Å²) >= 11 is 0.